The maximum absolute atomic E-state index is 14.8. The van der Waals surface area contributed by atoms with Crippen LogP contribution in [0.2, 0.25) is 0 Å². The quantitative estimate of drug-likeness (QED) is 0.232. The van der Waals surface area contributed by atoms with E-state index in [0.717, 1.165) is 38.4 Å². The van der Waals surface area contributed by atoms with Gasteiger partial charge in [-0.3, -0.25) is 24.0 Å². The molecule has 1 aromatic carbocycles. The lowest BCUT2D eigenvalue weighted by Gasteiger charge is -2.43. The van der Waals surface area contributed by atoms with Crippen molar-refractivity contribution in [1.29, 1.82) is 0 Å². The van der Waals surface area contributed by atoms with Crippen molar-refractivity contribution in [3.63, 3.8) is 0 Å². The molecule has 4 amide bonds. The number of benzene rings is 1. The Morgan fingerprint density at radius 2 is 1.64 bits per heavy atom. The molecule has 5 N–H and O–H groups in total. The molecule has 2 saturated carbocycles. The number of carbonyl (C=O) groups excluding carboxylic acids is 5. The Hall–Kier alpha value is -4.18. The number of nitrogens with two attached hydrogens (primary N) is 1. The fourth-order valence-corrected chi connectivity index (χ4v) is 8.66. The Balaban J connectivity index is 1.49. The smallest absolute Gasteiger partial charge is 0.287 e. The lowest BCUT2D eigenvalue weighted by atomic mass is 9.67. The maximum atomic E-state index is 14.8. The molecule has 2 aromatic rings. The fraction of sp³-hybridized carbons (Fsp3) is 0.649. The third-order valence-corrected chi connectivity index (χ3v) is 12.5. The standard InChI is InChI=1S/C37H53N7O8S/c1-35(2)15-17-37(18-16-35,30(45)31(38)46)41-33(48)28-20-25(44-29(21-39-42-44)36(3,4)50)22-43(28)34(49)27(19-23-9-7-6-8-10-23)40-32(47)24-11-13-26(14-12-24)53(5,51)52/h11-14,21,23,25,27-28,50H,6-10,15-20,22H2,1-5H3,(H2,38,46)(H,40,47)(H,41,48)/t25-,27+,28-/m0/s1. The molecule has 1 saturated heterocycles. The van der Waals surface area contributed by atoms with Crippen LogP contribution in [0.5, 0.6) is 0 Å². The summed E-state index contributed by atoms with van der Waals surface area (Å²) >= 11 is 0. The second-order valence-electron chi connectivity index (χ2n) is 16.5. The Morgan fingerprint density at radius 1 is 1.02 bits per heavy atom. The van der Waals surface area contributed by atoms with Gasteiger partial charge in [-0.2, -0.15) is 0 Å². The van der Waals surface area contributed by atoms with Gasteiger partial charge in [0.05, 0.1) is 22.8 Å². The van der Waals surface area contributed by atoms with Gasteiger partial charge in [-0.25, -0.2) is 13.1 Å². The molecule has 3 aliphatic rings. The number of aliphatic hydroxyl groups is 1. The van der Waals surface area contributed by atoms with Crippen molar-refractivity contribution in [2.75, 3.05) is 12.8 Å². The predicted molar refractivity (Wildman–Crippen MR) is 194 cm³/mol. The molecule has 53 heavy (non-hydrogen) atoms. The number of hydrogen-bond acceptors (Lipinski definition) is 10. The van der Waals surface area contributed by atoms with Gasteiger partial charge in [0.15, 0.2) is 9.84 Å². The molecule has 5 rings (SSSR count). The van der Waals surface area contributed by atoms with Gasteiger partial charge in [0, 0.05) is 24.8 Å². The van der Waals surface area contributed by atoms with E-state index in [1.54, 1.807) is 13.8 Å². The molecule has 1 aromatic heterocycles. The Morgan fingerprint density at radius 3 is 2.21 bits per heavy atom. The Labute approximate surface area is 310 Å². The minimum Gasteiger partial charge on any atom is -0.384 e. The van der Waals surface area contributed by atoms with Crippen LogP contribution in [-0.4, -0.2) is 93.3 Å². The highest BCUT2D eigenvalue weighted by Gasteiger charge is 2.51. The summed E-state index contributed by atoms with van der Waals surface area (Å²) in [6.07, 6.45) is 9.16. The topological polar surface area (TPSA) is 224 Å². The summed E-state index contributed by atoms with van der Waals surface area (Å²) in [5, 5.41) is 24.9. The number of nitrogens with zero attached hydrogens (tertiary/aromatic N) is 4. The van der Waals surface area contributed by atoms with E-state index in [1.807, 2.05) is 0 Å². The van der Waals surface area contributed by atoms with E-state index in [2.05, 4.69) is 34.8 Å². The minimum absolute atomic E-state index is 0.0206. The number of hydrogen-bond donors (Lipinski definition) is 4. The second-order valence-corrected chi connectivity index (χ2v) is 18.5. The molecule has 2 heterocycles. The highest BCUT2D eigenvalue weighted by molar-refractivity contribution is 7.90. The SMILES string of the molecule is CC1(C)CCC(NC(=O)[C@@H]2C[C@H](n3nncc3C(C)(C)O)CN2C(=O)[C@@H](CC2CCCCC2)NC(=O)c2ccc(S(C)(=O)=O)cc2)(C(=O)C(N)=O)CC1. The van der Waals surface area contributed by atoms with E-state index in [4.69, 9.17) is 5.73 Å². The number of carbonyl (C=O) groups is 5. The van der Waals surface area contributed by atoms with Gasteiger partial charge in [-0.15, -0.1) is 5.10 Å². The van der Waals surface area contributed by atoms with Crippen molar-refractivity contribution in [2.45, 2.75) is 132 Å². The number of amides is 4. The predicted octanol–water partition coefficient (Wildman–Crippen LogP) is 2.33. The van der Waals surface area contributed by atoms with Crippen LogP contribution in [0.4, 0.5) is 0 Å². The van der Waals surface area contributed by atoms with Gasteiger partial charge in [-0.05, 0) is 81.5 Å². The zero-order valence-electron chi connectivity index (χ0n) is 31.3. The lowest BCUT2D eigenvalue weighted by molar-refractivity contribution is -0.146. The maximum Gasteiger partial charge on any atom is 0.287 e. The van der Waals surface area contributed by atoms with E-state index in [9.17, 15) is 37.5 Å². The molecule has 3 atom stereocenters. The summed E-state index contributed by atoms with van der Waals surface area (Å²) in [6, 6.07) is 2.65. The molecule has 1 aliphatic heterocycles. The number of nitrogens with one attached hydrogen (secondary N) is 2. The summed E-state index contributed by atoms with van der Waals surface area (Å²) in [6.45, 7) is 7.23. The average Bonchev–Trinajstić information content (AvgIpc) is 3.77. The van der Waals surface area contributed by atoms with Crippen LogP contribution in [0.15, 0.2) is 35.4 Å². The van der Waals surface area contributed by atoms with Crippen molar-refractivity contribution in [3.05, 3.63) is 41.7 Å². The minimum atomic E-state index is -3.50. The molecular weight excluding hydrogens is 703 g/mol. The molecule has 2 aliphatic carbocycles. The van der Waals surface area contributed by atoms with Gasteiger partial charge in [0.2, 0.25) is 17.6 Å². The van der Waals surface area contributed by atoms with Crippen molar-refractivity contribution >= 4 is 39.2 Å². The first kappa shape index (κ1) is 40.0. The number of sulfone groups is 1. The highest BCUT2D eigenvalue weighted by atomic mass is 32.2. The second kappa shape index (κ2) is 15.3. The molecule has 0 bridgehead atoms. The van der Waals surface area contributed by atoms with Crippen molar-refractivity contribution in [2.24, 2.45) is 17.1 Å². The summed E-state index contributed by atoms with van der Waals surface area (Å²) in [4.78, 5) is 70.0. The first-order valence-corrected chi connectivity index (χ1v) is 20.3. The molecule has 0 unspecified atom stereocenters. The van der Waals surface area contributed by atoms with Crippen LogP contribution in [0.25, 0.3) is 0 Å². The number of ketones is 1. The van der Waals surface area contributed by atoms with Crippen molar-refractivity contribution in [1.82, 2.24) is 30.5 Å². The van der Waals surface area contributed by atoms with E-state index in [0.29, 0.717) is 25.0 Å². The van der Waals surface area contributed by atoms with Crippen LogP contribution in [-0.2, 0) is 34.6 Å². The molecule has 3 fully saturated rings. The lowest BCUT2D eigenvalue weighted by Crippen LogP contribution is -2.63. The van der Waals surface area contributed by atoms with Gasteiger partial charge in [0.1, 0.15) is 23.2 Å². The zero-order valence-corrected chi connectivity index (χ0v) is 32.1. The fourth-order valence-electron chi connectivity index (χ4n) is 8.02. The number of rotatable bonds is 12. The van der Waals surface area contributed by atoms with E-state index >= 15 is 0 Å². The molecule has 0 spiro atoms. The summed E-state index contributed by atoms with van der Waals surface area (Å²) in [5.74, 6) is -3.63. The first-order valence-electron chi connectivity index (χ1n) is 18.4. The monoisotopic (exact) mass is 755 g/mol. The largest absolute Gasteiger partial charge is 0.384 e. The number of likely N-dealkylation sites (tertiary alicyclic amines) is 1. The summed E-state index contributed by atoms with van der Waals surface area (Å²) < 4.78 is 25.5. The normalized spacial score (nSPS) is 22.5. The van der Waals surface area contributed by atoms with Crippen molar-refractivity contribution in [3.8, 4) is 0 Å². The summed E-state index contributed by atoms with van der Waals surface area (Å²) in [7, 11) is -3.50. The van der Waals surface area contributed by atoms with E-state index in [1.165, 1.54) is 40.0 Å². The highest BCUT2D eigenvalue weighted by Crippen LogP contribution is 2.41. The molecule has 15 nitrogen and oxygen atoms in total. The average molecular weight is 756 g/mol. The first-order chi connectivity index (χ1) is 24.7. The van der Waals surface area contributed by atoms with Gasteiger partial charge < -0.3 is 26.4 Å². The molecule has 290 valence electrons. The Kier molecular flexibility index (Phi) is 11.5. The molecule has 16 heteroatoms. The molecule has 0 radical (unpaired) electrons. The van der Waals surface area contributed by atoms with Crippen LogP contribution >= 0.6 is 0 Å². The number of primary amides is 1. The van der Waals surface area contributed by atoms with Gasteiger partial charge in [-0.1, -0.05) is 51.2 Å². The number of Topliss-reactive ketones (excluding diaryl/α,β-unsaturated/α-hetero) is 1. The third-order valence-electron chi connectivity index (χ3n) is 11.3. The van der Waals surface area contributed by atoms with Crippen LogP contribution < -0.4 is 16.4 Å². The molecular formula is C37H53N7O8S. The van der Waals surface area contributed by atoms with Gasteiger partial charge >= 0.3 is 0 Å². The van der Waals surface area contributed by atoms with Crippen LogP contribution in [0.3, 0.4) is 0 Å². The summed E-state index contributed by atoms with van der Waals surface area (Å²) in [5.41, 5.74) is 3.03. The third kappa shape index (κ3) is 9.14. The van der Waals surface area contributed by atoms with Crippen LogP contribution in [0.1, 0.15) is 120 Å². The van der Waals surface area contributed by atoms with Crippen molar-refractivity contribution < 1.29 is 37.5 Å². The van der Waals surface area contributed by atoms with E-state index in [-0.39, 0.29) is 47.6 Å². The van der Waals surface area contributed by atoms with Crippen LogP contribution in [0, 0.1) is 11.3 Å². The van der Waals surface area contributed by atoms with E-state index < -0.39 is 68.5 Å². The zero-order chi connectivity index (χ0) is 38.9. The number of aromatic nitrogens is 3. The Bertz CT molecular complexity index is 1820. The van der Waals surface area contributed by atoms with Gasteiger partial charge in [0.25, 0.3) is 11.8 Å².